The second-order valence-corrected chi connectivity index (χ2v) is 9.70. The van der Waals surface area contributed by atoms with Gasteiger partial charge in [0.25, 0.3) is 0 Å². The van der Waals surface area contributed by atoms with Crippen LogP contribution < -0.4 is 10.2 Å². The molecule has 0 bridgehead atoms. The molecule has 41 heavy (non-hydrogen) atoms. The number of aromatic hydroxyl groups is 1. The van der Waals surface area contributed by atoms with Crippen LogP contribution in [-0.2, 0) is 11.0 Å². The van der Waals surface area contributed by atoms with E-state index in [1.165, 1.54) is 30.3 Å². The van der Waals surface area contributed by atoms with Crippen LogP contribution in [0.25, 0.3) is 16.7 Å². The smallest absolute Gasteiger partial charge is 0.416 e. The zero-order chi connectivity index (χ0) is 29.9. The number of aldehydes is 1. The molecule has 2 N–H and O–H groups in total. The number of benzene rings is 3. The number of nitrogens with zero attached hydrogens (tertiary/aromatic N) is 2. The summed E-state index contributed by atoms with van der Waals surface area (Å²) in [4.78, 5) is 29.5. The molecule has 0 saturated carbocycles. The third-order valence-corrected chi connectivity index (χ3v) is 6.45. The van der Waals surface area contributed by atoms with E-state index in [1.807, 2.05) is 19.9 Å². The standard InChI is InChI=1S/C32H28F3N3O3/c1-19-12-20(2)14-26(13-19)38(22(4)40)29-16-25(32(33,34)35)8-9-27(29)21(3)17-37-31-30(41)28(10-11-36-31)24-7-5-6-23(15-24)18-39/h5-18,41H,1-4H3,(H,36,37)/b21-17+. The van der Waals surface area contributed by atoms with Gasteiger partial charge in [0.05, 0.1) is 11.3 Å². The maximum Gasteiger partial charge on any atom is 0.416 e. The molecule has 1 heterocycles. The van der Waals surface area contributed by atoms with Crippen LogP contribution in [0.3, 0.4) is 0 Å². The molecule has 3 aromatic carbocycles. The largest absolute Gasteiger partial charge is 0.504 e. The van der Waals surface area contributed by atoms with E-state index in [9.17, 15) is 27.9 Å². The van der Waals surface area contributed by atoms with Crippen molar-refractivity contribution in [3.8, 4) is 16.9 Å². The van der Waals surface area contributed by atoms with Gasteiger partial charge in [-0.3, -0.25) is 14.5 Å². The third-order valence-electron chi connectivity index (χ3n) is 6.45. The molecule has 9 heteroatoms. The number of anilines is 3. The Labute approximate surface area is 235 Å². The Kier molecular flexibility index (Phi) is 8.28. The van der Waals surface area contributed by atoms with Crippen LogP contribution in [-0.4, -0.2) is 22.3 Å². The number of nitrogens with one attached hydrogen (secondary N) is 1. The van der Waals surface area contributed by atoms with Crippen LogP contribution in [0.15, 0.2) is 79.1 Å². The summed E-state index contributed by atoms with van der Waals surface area (Å²) in [6.07, 6.45) is -0.933. The van der Waals surface area contributed by atoms with E-state index in [2.05, 4.69) is 10.3 Å². The number of hydrogen-bond acceptors (Lipinski definition) is 5. The molecule has 0 atom stereocenters. The van der Waals surface area contributed by atoms with Crippen molar-refractivity contribution in [1.82, 2.24) is 4.98 Å². The maximum atomic E-state index is 13.7. The summed E-state index contributed by atoms with van der Waals surface area (Å²) >= 11 is 0. The van der Waals surface area contributed by atoms with Crippen molar-refractivity contribution in [2.24, 2.45) is 0 Å². The minimum atomic E-state index is -4.62. The first-order valence-corrected chi connectivity index (χ1v) is 12.7. The SMILES string of the molecule is CC(=O)N(c1cc(C)cc(C)c1)c1cc(C(F)(F)F)ccc1/C(C)=C/Nc1nccc(-c2cccc(C=O)c2)c1O. The summed E-state index contributed by atoms with van der Waals surface area (Å²) < 4.78 is 41.2. The number of pyridine rings is 1. The van der Waals surface area contributed by atoms with Crippen molar-refractivity contribution < 1.29 is 27.9 Å². The minimum absolute atomic E-state index is 0.0597. The van der Waals surface area contributed by atoms with Gasteiger partial charge in [0.2, 0.25) is 5.91 Å². The number of aromatic nitrogens is 1. The molecule has 4 aromatic rings. The fourth-order valence-corrected chi connectivity index (χ4v) is 4.62. The van der Waals surface area contributed by atoms with Gasteiger partial charge in [0.15, 0.2) is 11.6 Å². The number of allylic oxidation sites excluding steroid dienone is 1. The lowest BCUT2D eigenvalue weighted by atomic mass is 10.0. The molecule has 4 rings (SSSR count). The van der Waals surface area contributed by atoms with Crippen molar-refractivity contribution in [3.63, 3.8) is 0 Å². The topological polar surface area (TPSA) is 82.5 Å². The summed E-state index contributed by atoms with van der Waals surface area (Å²) in [6, 6.07) is 16.9. The van der Waals surface area contributed by atoms with Crippen molar-refractivity contribution in [1.29, 1.82) is 0 Å². The van der Waals surface area contributed by atoms with E-state index in [-0.39, 0.29) is 17.3 Å². The van der Waals surface area contributed by atoms with Gasteiger partial charge in [-0.1, -0.05) is 30.3 Å². The van der Waals surface area contributed by atoms with Crippen molar-refractivity contribution in [3.05, 3.63) is 107 Å². The molecule has 1 aromatic heterocycles. The summed E-state index contributed by atoms with van der Waals surface area (Å²) in [5.41, 5.74) is 3.66. The molecule has 0 aliphatic rings. The molecule has 0 radical (unpaired) electrons. The van der Waals surface area contributed by atoms with Crippen LogP contribution in [0, 0.1) is 13.8 Å². The van der Waals surface area contributed by atoms with Gasteiger partial charge in [-0.05, 0) is 79.4 Å². The van der Waals surface area contributed by atoms with Crippen molar-refractivity contribution in [2.75, 3.05) is 10.2 Å². The normalized spacial score (nSPS) is 11.7. The highest BCUT2D eigenvalue weighted by atomic mass is 19.4. The fraction of sp³-hybridized carbons (Fsp3) is 0.156. The third kappa shape index (κ3) is 6.46. The zero-order valence-electron chi connectivity index (χ0n) is 22.9. The van der Waals surface area contributed by atoms with Gasteiger partial charge in [-0.25, -0.2) is 4.98 Å². The second-order valence-electron chi connectivity index (χ2n) is 9.70. The van der Waals surface area contributed by atoms with Gasteiger partial charge in [0, 0.05) is 41.7 Å². The monoisotopic (exact) mass is 559 g/mol. The molecular weight excluding hydrogens is 531 g/mol. The van der Waals surface area contributed by atoms with E-state index >= 15 is 0 Å². The summed E-state index contributed by atoms with van der Waals surface area (Å²) in [5.74, 6) is -0.529. The molecule has 210 valence electrons. The Morgan fingerprint density at radius 3 is 2.32 bits per heavy atom. The Balaban J connectivity index is 1.79. The lowest BCUT2D eigenvalue weighted by molar-refractivity contribution is -0.137. The van der Waals surface area contributed by atoms with E-state index in [0.29, 0.717) is 39.8 Å². The summed E-state index contributed by atoms with van der Waals surface area (Å²) in [6.45, 7) is 6.67. The van der Waals surface area contributed by atoms with Crippen LogP contribution in [0.4, 0.5) is 30.4 Å². The lowest BCUT2D eigenvalue weighted by Crippen LogP contribution is -2.24. The quantitative estimate of drug-likeness (QED) is 0.224. The highest BCUT2D eigenvalue weighted by Gasteiger charge is 2.32. The molecule has 0 unspecified atom stereocenters. The first kappa shape index (κ1) is 29.1. The number of carbonyl (C=O) groups excluding carboxylic acids is 2. The minimum Gasteiger partial charge on any atom is -0.504 e. The Morgan fingerprint density at radius 2 is 1.68 bits per heavy atom. The molecule has 6 nitrogen and oxygen atoms in total. The number of aryl methyl sites for hydroxylation is 2. The van der Waals surface area contributed by atoms with Crippen molar-refractivity contribution >= 4 is 35.0 Å². The molecule has 0 spiro atoms. The van der Waals surface area contributed by atoms with Gasteiger partial charge >= 0.3 is 6.18 Å². The number of halogens is 3. The predicted octanol–water partition coefficient (Wildman–Crippen LogP) is 8.06. The lowest BCUT2D eigenvalue weighted by Gasteiger charge is -2.26. The van der Waals surface area contributed by atoms with Crippen LogP contribution in [0.1, 0.15) is 46.5 Å². The number of alkyl halides is 3. The Hall–Kier alpha value is -4.92. The first-order chi connectivity index (χ1) is 19.4. The fourth-order valence-electron chi connectivity index (χ4n) is 4.62. The van der Waals surface area contributed by atoms with Gasteiger partial charge < -0.3 is 10.4 Å². The number of rotatable bonds is 7. The number of hydrogen-bond donors (Lipinski definition) is 2. The van der Waals surface area contributed by atoms with Gasteiger partial charge in [-0.15, -0.1) is 0 Å². The summed E-state index contributed by atoms with van der Waals surface area (Å²) in [5, 5.41) is 13.8. The van der Waals surface area contributed by atoms with Gasteiger partial charge in [-0.2, -0.15) is 13.2 Å². The molecular formula is C32H28F3N3O3. The van der Waals surface area contributed by atoms with Crippen LogP contribution in [0.5, 0.6) is 5.75 Å². The highest BCUT2D eigenvalue weighted by molar-refractivity contribution is 6.02. The molecule has 0 aliphatic heterocycles. The predicted molar refractivity (Wildman–Crippen MR) is 154 cm³/mol. The highest BCUT2D eigenvalue weighted by Crippen LogP contribution is 2.39. The van der Waals surface area contributed by atoms with E-state index in [4.69, 9.17) is 0 Å². The molecule has 1 amide bonds. The van der Waals surface area contributed by atoms with Gasteiger partial charge in [0.1, 0.15) is 6.29 Å². The maximum absolute atomic E-state index is 13.7. The molecule has 0 aliphatic carbocycles. The van der Waals surface area contributed by atoms with Crippen LogP contribution >= 0.6 is 0 Å². The summed E-state index contributed by atoms with van der Waals surface area (Å²) in [7, 11) is 0. The van der Waals surface area contributed by atoms with E-state index < -0.39 is 17.6 Å². The molecule has 0 saturated heterocycles. The first-order valence-electron chi connectivity index (χ1n) is 12.7. The zero-order valence-corrected chi connectivity index (χ0v) is 22.9. The van der Waals surface area contributed by atoms with Crippen molar-refractivity contribution in [2.45, 2.75) is 33.9 Å². The molecule has 0 fully saturated rings. The average Bonchev–Trinajstić information content (AvgIpc) is 2.91. The second kappa shape index (κ2) is 11.7. The van der Waals surface area contributed by atoms with E-state index in [0.717, 1.165) is 23.3 Å². The number of amides is 1. The average molecular weight is 560 g/mol. The number of carbonyl (C=O) groups is 2. The van der Waals surface area contributed by atoms with Crippen LogP contribution in [0.2, 0.25) is 0 Å². The van der Waals surface area contributed by atoms with E-state index in [1.54, 1.807) is 49.4 Å². The Morgan fingerprint density at radius 1 is 0.976 bits per heavy atom. The Bertz CT molecular complexity index is 1640.